The maximum atomic E-state index is 14.0. The van der Waals surface area contributed by atoms with Crippen molar-refractivity contribution in [2.24, 2.45) is 5.73 Å². The number of carbonyl (C=O) groups excluding carboxylic acids is 1. The Morgan fingerprint density at radius 3 is 2.53 bits per heavy atom. The van der Waals surface area contributed by atoms with E-state index in [1.54, 1.807) is 10.7 Å². The molecule has 0 aliphatic carbocycles. The molecule has 6 nitrogen and oxygen atoms in total. The number of anilines is 2. The lowest BCUT2D eigenvalue weighted by Crippen LogP contribution is -2.22. The van der Waals surface area contributed by atoms with Gasteiger partial charge in [-0.3, -0.25) is 5.32 Å². The van der Waals surface area contributed by atoms with Crippen LogP contribution in [0.15, 0.2) is 54.6 Å². The minimum atomic E-state index is -1.34. The second kappa shape index (κ2) is 9.96. The standard InChI is InChI=1S/C25H24F3N5O/c1-2-3-7-17-11-24(31-25(34)30-23-13-21(27)20(26)12-22(23)28)33(32-17)18-9-15-6-4-5-8-19(15)16(10-18)14-29/h4-6,8-13H,2-3,7,14,29H2,1H3,(H2,30,31,34). The van der Waals surface area contributed by atoms with Crippen LogP contribution in [0, 0.1) is 17.5 Å². The molecule has 0 fully saturated rings. The molecule has 2 amide bonds. The number of hydrogen-bond acceptors (Lipinski definition) is 3. The number of nitrogens with two attached hydrogens (primary N) is 1. The monoisotopic (exact) mass is 467 g/mol. The summed E-state index contributed by atoms with van der Waals surface area (Å²) in [6.45, 7) is 2.38. The lowest BCUT2D eigenvalue weighted by atomic mass is 10.0. The highest BCUT2D eigenvalue weighted by molar-refractivity contribution is 5.99. The van der Waals surface area contributed by atoms with E-state index in [4.69, 9.17) is 5.73 Å². The number of carbonyl (C=O) groups is 1. The summed E-state index contributed by atoms with van der Waals surface area (Å²) in [6, 6.07) is 13.5. The molecule has 1 heterocycles. The molecule has 0 spiro atoms. The third-order valence-corrected chi connectivity index (χ3v) is 5.44. The molecule has 0 aliphatic rings. The highest BCUT2D eigenvalue weighted by Crippen LogP contribution is 2.26. The van der Waals surface area contributed by atoms with E-state index in [9.17, 15) is 18.0 Å². The number of benzene rings is 3. The van der Waals surface area contributed by atoms with Gasteiger partial charge in [-0.15, -0.1) is 0 Å². The van der Waals surface area contributed by atoms with Crippen molar-refractivity contribution in [2.45, 2.75) is 32.7 Å². The number of fused-ring (bicyclic) bond motifs is 1. The highest BCUT2D eigenvalue weighted by atomic mass is 19.2. The van der Waals surface area contributed by atoms with Crippen LogP contribution in [0.3, 0.4) is 0 Å². The number of amides is 2. The van der Waals surface area contributed by atoms with Crippen molar-refractivity contribution in [1.82, 2.24) is 9.78 Å². The van der Waals surface area contributed by atoms with Crippen LogP contribution in [0.25, 0.3) is 16.5 Å². The Bertz CT molecular complexity index is 1350. The predicted octanol–water partition coefficient (Wildman–Crippen LogP) is 5.89. The van der Waals surface area contributed by atoms with Gasteiger partial charge in [-0.05, 0) is 41.3 Å². The summed E-state index contributed by atoms with van der Waals surface area (Å²) >= 11 is 0. The zero-order valence-electron chi connectivity index (χ0n) is 18.5. The lowest BCUT2D eigenvalue weighted by molar-refractivity contribution is 0.262. The van der Waals surface area contributed by atoms with Gasteiger partial charge in [0.05, 0.1) is 17.1 Å². The Kier molecular flexibility index (Phi) is 6.83. The zero-order chi connectivity index (χ0) is 24.2. The van der Waals surface area contributed by atoms with Crippen molar-refractivity contribution in [1.29, 1.82) is 0 Å². The second-order valence-corrected chi connectivity index (χ2v) is 7.89. The maximum absolute atomic E-state index is 14.0. The molecule has 0 atom stereocenters. The molecular formula is C25H24F3N5O. The summed E-state index contributed by atoms with van der Waals surface area (Å²) < 4.78 is 42.3. The predicted molar refractivity (Wildman–Crippen MR) is 127 cm³/mol. The van der Waals surface area contributed by atoms with Crippen molar-refractivity contribution in [3.8, 4) is 5.69 Å². The highest BCUT2D eigenvalue weighted by Gasteiger charge is 2.17. The first-order chi connectivity index (χ1) is 16.4. The summed E-state index contributed by atoms with van der Waals surface area (Å²) in [4.78, 5) is 12.6. The van der Waals surface area contributed by atoms with Gasteiger partial charge in [-0.2, -0.15) is 5.10 Å². The number of unbranched alkanes of at least 4 members (excludes halogenated alkanes) is 1. The summed E-state index contributed by atoms with van der Waals surface area (Å²) in [5.41, 5.74) is 7.86. The number of aryl methyl sites for hydroxylation is 1. The fraction of sp³-hybridized carbons (Fsp3) is 0.200. The van der Waals surface area contributed by atoms with E-state index in [0.717, 1.165) is 34.9 Å². The first-order valence-corrected chi connectivity index (χ1v) is 10.9. The summed E-state index contributed by atoms with van der Waals surface area (Å²) in [5, 5.41) is 11.5. The first kappa shape index (κ1) is 23.3. The topological polar surface area (TPSA) is 85.0 Å². The number of aromatic nitrogens is 2. The Morgan fingerprint density at radius 1 is 1.00 bits per heavy atom. The lowest BCUT2D eigenvalue weighted by Gasteiger charge is -2.13. The van der Waals surface area contributed by atoms with Gasteiger partial charge in [0.2, 0.25) is 0 Å². The molecule has 9 heteroatoms. The van der Waals surface area contributed by atoms with Gasteiger partial charge >= 0.3 is 6.03 Å². The van der Waals surface area contributed by atoms with Gasteiger partial charge in [0, 0.05) is 24.7 Å². The quantitative estimate of drug-likeness (QED) is 0.296. The molecule has 0 aliphatic heterocycles. The van der Waals surface area contributed by atoms with Crippen molar-refractivity contribution in [3.05, 3.63) is 83.3 Å². The maximum Gasteiger partial charge on any atom is 0.324 e. The summed E-state index contributed by atoms with van der Waals surface area (Å²) in [7, 11) is 0. The van der Waals surface area contributed by atoms with E-state index >= 15 is 0 Å². The van der Waals surface area contributed by atoms with Crippen LogP contribution in [0.5, 0.6) is 0 Å². The van der Waals surface area contributed by atoms with Gasteiger partial charge in [0.1, 0.15) is 11.6 Å². The third-order valence-electron chi connectivity index (χ3n) is 5.44. The largest absolute Gasteiger partial charge is 0.326 e. The van der Waals surface area contributed by atoms with E-state index in [2.05, 4.69) is 22.7 Å². The number of hydrogen-bond donors (Lipinski definition) is 3. The van der Waals surface area contributed by atoms with Crippen molar-refractivity contribution < 1.29 is 18.0 Å². The molecule has 0 radical (unpaired) electrons. The van der Waals surface area contributed by atoms with Crippen LogP contribution in [0.4, 0.5) is 29.5 Å². The van der Waals surface area contributed by atoms with Crippen LogP contribution < -0.4 is 16.4 Å². The minimum absolute atomic E-state index is 0.316. The molecule has 0 saturated carbocycles. The fourth-order valence-electron chi connectivity index (χ4n) is 3.75. The van der Waals surface area contributed by atoms with Crippen molar-refractivity contribution in [2.75, 3.05) is 10.6 Å². The van der Waals surface area contributed by atoms with Crippen LogP contribution in [0.2, 0.25) is 0 Å². The van der Waals surface area contributed by atoms with Gasteiger partial charge in [0.15, 0.2) is 11.6 Å². The van der Waals surface area contributed by atoms with Gasteiger partial charge < -0.3 is 11.1 Å². The molecule has 4 N–H and O–H groups in total. The van der Waals surface area contributed by atoms with E-state index in [-0.39, 0.29) is 0 Å². The molecule has 176 valence electrons. The zero-order valence-corrected chi connectivity index (χ0v) is 18.5. The van der Waals surface area contributed by atoms with Gasteiger partial charge in [-0.1, -0.05) is 37.6 Å². The molecule has 34 heavy (non-hydrogen) atoms. The van der Waals surface area contributed by atoms with Gasteiger partial charge in [-0.25, -0.2) is 22.6 Å². The second-order valence-electron chi connectivity index (χ2n) is 7.89. The smallest absolute Gasteiger partial charge is 0.324 e. The number of urea groups is 1. The Labute approximate surface area is 194 Å². The molecule has 3 aromatic carbocycles. The molecule has 0 unspecified atom stereocenters. The van der Waals surface area contributed by atoms with E-state index in [1.807, 2.05) is 36.4 Å². The van der Waals surface area contributed by atoms with E-state index < -0.39 is 29.2 Å². The third kappa shape index (κ3) is 4.89. The van der Waals surface area contributed by atoms with Crippen LogP contribution in [0.1, 0.15) is 31.0 Å². The summed E-state index contributed by atoms with van der Waals surface area (Å²) in [5.74, 6) is -3.36. The Balaban J connectivity index is 1.69. The first-order valence-electron chi connectivity index (χ1n) is 10.9. The average Bonchev–Trinajstić information content (AvgIpc) is 3.22. The minimum Gasteiger partial charge on any atom is -0.326 e. The molecular weight excluding hydrogens is 443 g/mol. The normalized spacial score (nSPS) is 11.1. The molecule has 0 saturated heterocycles. The van der Waals surface area contributed by atoms with Crippen LogP contribution in [-0.4, -0.2) is 15.8 Å². The number of halogens is 3. The molecule has 4 aromatic rings. The average molecular weight is 467 g/mol. The van der Waals surface area contributed by atoms with E-state index in [0.29, 0.717) is 36.6 Å². The molecule has 1 aromatic heterocycles. The number of nitrogens with one attached hydrogen (secondary N) is 2. The van der Waals surface area contributed by atoms with Crippen molar-refractivity contribution in [3.63, 3.8) is 0 Å². The molecule has 0 bridgehead atoms. The fourth-order valence-corrected chi connectivity index (χ4v) is 3.75. The van der Waals surface area contributed by atoms with Crippen LogP contribution in [-0.2, 0) is 13.0 Å². The Morgan fingerprint density at radius 2 is 1.76 bits per heavy atom. The number of nitrogens with zero attached hydrogens (tertiary/aromatic N) is 2. The summed E-state index contributed by atoms with van der Waals surface area (Å²) in [6.07, 6.45) is 2.59. The number of rotatable bonds is 7. The Hall–Kier alpha value is -3.85. The van der Waals surface area contributed by atoms with Gasteiger partial charge in [0.25, 0.3) is 0 Å². The van der Waals surface area contributed by atoms with Crippen LogP contribution >= 0.6 is 0 Å². The SMILES string of the molecule is CCCCc1cc(NC(=O)Nc2cc(F)c(F)cc2F)n(-c2cc(CN)c3ccccc3c2)n1. The molecule has 4 rings (SSSR count). The van der Waals surface area contributed by atoms with Crippen molar-refractivity contribution >= 4 is 28.3 Å². The van der Waals surface area contributed by atoms with E-state index in [1.165, 1.54) is 0 Å².